The molecule has 3 N–H and O–H groups in total. The summed E-state index contributed by atoms with van der Waals surface area (Å²) in [5.41, 5.74) is 0. The number of amides is 1. The summed E-state index contributed by atoms with van der Waals surface area (Å²) in [6.45, 7) is 0.402. The van der Waals surface area contributed by atoms with Crippen LogP contribution in [-0.2, 0) is 14.6 Å². The third-order valence-electron chi connectivity index (χ3n) is 3.27. The van der Waals surface area contributed by atoms with Crippen LogP contribution in [0.5, 0.6) is 0 Å². The first kappa shape index (κ1) is 16.2. The zero-order valence-electron chi connectivity index (χ0n) is 11.3. The molecule has 0 aliphatic carbocycles. The van der Waals surface area contributed by atoms with Gasteiger partial charge in [-0.2, -0.15) is 0 Å². The zero-order valence-corrected chi connectivity index (χ0v) is 12.8. The van der Waals surface area contributed by atoms with E-state index < -0.39 is 22.0 Å². The summed E-state index contributed by atoms with van der Waals surface area (Å²) in [7, 11) is -3.45. The summed E-state index contributed by atoms with van der Waals surface area (Å²) in [5.74, 6) is -0.479. The topological polar surface area (TPSA) is 95.5 Å². The number of hydrogen-bond donors (Lipinski definition) is 3. The first-order valence-corrected chi connectivity index (χ1v) is 8.59. The first-order valence-electron chi connectivity index (χ1n) is 6.56. The molecule has 0 saturated carbocycles. The van der Waals surface area contributed by atoms with Gasteiger partial charge in [-0.25, -0.2) is 8.42 Å². The number of sulfone groups is 1. The highest BCUT2D eigenvalue weighted by Gasteiger charge is 2.28. The molecule has 1 saturated heterocycles. The van der Waals surface area contributed by atoms with Gasteiger partial charge in [-0.15, -0.1) is 0 Å². The second-order valence-corrected chi connectivity index (χ2v) is 7.46. The Morgan fingerprint density at radius 1 is 1.38 bits per heavy atom. The molecule has 21 heavy (non-hydrogen) atoms. The van der Waals surface area contributed by atoms with Crippen LogP contribution in [0.2, 0.25) is 5.02 Å². The Hall–Kier alpha value is -1.15. The molecule has 0 aromatic heterocycles. The summed E-state index contributed by atoms with van der Waals surface area (Å²) in [5, 5.41) is 15.2. The quantitative estimate of drug-likeness (QED) is 0.703. The van der Waals surface area contributed by atoms with Crippen LogP contribution in [0.3, 0.4) is 0 Å². The van der Waals surface area contributed by atoms with Gasteiger partial charge in [0.05, 0.1) is 22.8 Å². The predicted octanol–water partition coefficient (Wildman–Crippen LogP) is -0.0473. The van der Waals surface area contributed by atoms with Crippen LogP contribution >= 0.6 is 11.6 Å². The summed E-state index contributed by atoms with van der Waals surface area (Å²) < 4.78 is 24.1. The number of carbonyl (C=O) groups is 1. The fourth-order valence-electron chi connectivity index (χ4n) is 2.11. The molecule has 1 fully saturated rings. The van der Waals surface area contributed by atoms with Crippen LogP contribution in [0, 0.1) is 0 Å². The molecule has 116 valence electrons. The summed E-state index contributed by atoms with van der Waals surface area (Å²) in [4.78, 5) is 11.9. The molecule has 1 aliphatic rings. The van der Waals surface area contributed by atoms with Crippen molar-refractivity contribution in [1.82, 2.24) is 10.6 Å². The van der Waals surface area contributed by atoms with Gasteiger partial charge >= 0.3 is 0 Å². The number of rotatable bonds is 5. The summed E-state index contributed by atoms with van der Waals surface area (Å²) in [6.07, 6.45) is -0.186. The molecule has 0 spiro atoms. The molecule has 1 aromatic rings. The Morgan fingerprint density at radius 3 is 2.62 bits per heavy atom. The van der Waals surface area contributed by atoms with Crippen molar-refractivity contribution >= 4 is 27.3 Å². The third kappa shape index (κ3) is 4.41. The van der Waals surface area contributed by atoms with Gasteiger partial charge < -0.3 is 15.7 Å². The summed E-state index contributed by atoms with van der Waals surface area (Å²) in [6, 6.07) is 5.44. The molecule has 2 rings (SSSR count). The Kier molecular flexibility index (Phi) is 5.21. The molecule has 0 radical (unpaired) electrons. The molecular weight excluding hydrogens is 316 g/mol. The Morgan fingerprint density at radius 2 is 2.05 bits per heavy atom. The first-order chi connectivity index (χ1) is 9.88. The monoisotopic (exact) mass is 332 g/mol. The van der Waals surface area contributed by atoms with Crippen LogP contribution in [0.15, 0.2) is 29.2 Å². The Labute approximate surface area is 128 Å². The van der Waals surface area contributed by atoms with Crippen molar-refractivity contribution in [1.29, 1.82) is 0 Å². The normalized spacial score (nSPS) is 22.2. The van der Waals surface area contributed by atoms with E-state index in [-0.39, 0.29) is 23.1 Å². The lowest BCUT2D eigenvalue weighted by Crippen LogP contribution is -2.42. The van der Waals surface area contributed by atoms with E-state index >= 15 is 0 Å². The Balaban J connectivity index is 1.85. The molecular formula is C13H17ClN2O4S. The number of benzene rings is 1. The van der Waals surface area contributed by atoms with Crippen LogP contribution in [0.25, 0.3) is 0 Å². The van der Waals surface area contributed by atoms with Crippen molar-refractivity contribution in [3.05, 3.63) is 29.3 Å². The maximum atomic E-state index is 12.0. The van der Waals surface area contributed by atoms with Crippen molar-refractivity contribution in [3.8, 4) is 0 Å². The van der Waals surface area contributed by atoms with Gasteiger partial charge in [-0.3, -0.25) is 4.79 Å². The lowest BCUT2D eigenvalue weighted by molar-refractivity contribution is -0.122. The molecule has 1 heterocycles. The van der Waals surface area contributed by atoms with E-state index in [9.17, 15) is 18.3 Å². The number of halogens is 1. The van der Waals surface area contributed by atoms with Gasteiger partial charge in [0.25, 0.3) is 0 Å². The number of aliphatic hydroxyl groups excluding tert-OH is 1. The molecule has 0 unspecified atom stereocenters. The van der Waals surface area contributed by atoms with E-state index in [1.54, 1.807) is 0 Å². The molecule has 0 bridgehead atoms. The standard InChI is InChI=1S/C13H17ClN2O4S/c14-9-1-3-11(4-2-9)21(19,20)6-5-15-13(18)12-7-10(17)8-16-12/h1-4,10,12,16-17H,5-8H2,(H,15,18)/t10-,12+/m1/s1. The van der Waals surface area contributed by atoms with E-state index in [0.29, 0.717) is 18.0 Å². The zero-order chi connectivity index (χ0) is 15.5. The fourth-order valence-corrected chi connectivity index (χ4v) is 3.39. The lowest BCUT2D eigenvalue weighted by Gasteiger charge is -2.11. The second kappa shape index (κ2) is 6.74. The van der Waals surface area contributed by atoms with Gasteiger partial charge in [0.2, 0.25) is 5.91 Å². The lowest BCUT2D eigenvalue weighted by atomic mass is 10.2. The highest BCUT2D eigenvalue weighted by atomic mass is 35.5. The largest absolute Gasteiger partial charge is 0.392 e. The van der Waals surface area contributed by atoms with Crippen molar-refractivity contribution in [3.63, 3.8) is 0 Å². The molecule has 6 nitrogen and oxygen atoms in total. The van der Waals surface area contributed by atoms with E-state index in [1.165, 1.54) is 24.3 Å². The van der Waals surface area contributed by atoms with Crippen LogP contribution < -0.4 is 10.6 Å². The van der Waals surface area contributed by atoms with Crippen LogP contribution in [0.1, 0.15) is 6.42 Å². The highest BCUT2D eigenvalue weighted by molar-refractivity contribution is 7.91. The summed E-state index contributed by atoms with van der Waals surface area (Å²) >= 11 is 5.71. The van der Waals surface area contributed by atoms with E-state index in [0.717, 1.165) is 0 Å². The van der Waals surface area contributed by atoms with Gasteiger partial charge in [0.15, 0.2) is 9.84 Å². The minimum atomic E-state index is -3.45. The number of aliphatic hydroxyl groups is 1. The fraction of sp³-hybridized carbons (Fsp3) is 0.462. The molecule has 2 atom stereocenters. The Bertz CT molecular complexity index is 603. The van der Waals surface area contributed by atoms with Crippen molar-refractivity contribution < 1.29 is 18.3 Å². The minimum absolute atomic E-state index is 0.0259. The molecule has 1 amide bonds. The predicted molar refractivity (Wildman–Crippen MR) is 78.9 cm³/mol. The molecule has 1 aromatic carbocycles. The maximum Gasteiger partial charge on any atom is 0.237 e. The van der Waals surface area contributed by atoms with Crippen LogP contribution in [0.4, 0.5) is 0 Å². The number of β-amino-alcohol motifs (C(OH)–C–C–N with tert-alkyl or cyclic N) is 1. The van der Waals surface area contributed by atoms with E-state index in [4.69, 9.17) is 11.6 Å². The van der Waals surface area contributed by atoms with Crippen molar-refractivity contribution in [2.75, 3.05) is 18.8 Å². The van der Waals surface area contributed by atoms with Gasteiger partial charge in [0.1, 0.15) is 0 Å². The molecule has 8 heteroatoms. The van der Waals surface area contributed by atoms with Gasteiger partial charge in [0, 0.05) is 18.1 Å². The average molecular weight is 333 g/mol. The number of carbonyl (C=O) groups excluding carboxylic acids is 1. The number of nitrogens with one attached hydrogen (secondary N) is 2. The minimum Gasteiger partial charge on any atom is -0.392 e. The SMILES string of the molecule is O=C(NCCS(=O)(=O)c1ccc(Cl)cc1)[C@@H]1C[C@@H](O)CN1. The van der Waals surface area contributed by atoms with E-state index in [2.05, 4.69) is 10.6 Å². The van der Waals surface area contributed by atoms with Crippen LogP contribution in [-0.4, -0.2) is 50.4 Å². The van der Waals surface area contributed by atoms with Crippen molar-refractivity contribution in [2.45, 2.75) is 23.5 Å². The van der Waals surface area contributed by atoms with Crippen molar-refractivity contribution in [2.24, 2.45) is 0 Å². The van der Waals surface area contributed by atoms with Gasteiger partial charge in [-0.05, 0) is 30.7 Å². The smallest absolute Gasteiger partial charge is 0.237 e. The van der Waals surface area contributed by atoms with E-state index in [1.807, 2.05) is 0 Å². The average Bonchev–Trinajstić information content (AvgIpc) is 2.86. The second-order valence-electron chi connectivity index (χ2n) is 4.91. The maximum absolute atomic E-state index is 12.0. The highest BCUT2D eigenvalue weighted by Crippen LogP contribution is 2.15. The number of hydrogen-bond acceptors (Lipinski definition) is 5. The van der Waals surface area contributed by atoms with Gasteiger partial charge in [-0.1, -0.05) is 11.6 Å². The third-order valence-corrected chi connectivity index (χ3v) is 5.25. The molecule has 1 aliphatic heterocycles.